The minimum absolute atomic E-state index is 0.00582. The summed E-state index contributed by atoms with van der Waals surface area (Å²) in [6.45, 7) is 1.92. The molecule has 116 valence electrons. The van der Waals surface area contributed by atoms with Crippen molar-refractivity contribution in [2.24, 2.45) is 10.1 Å². The van der Waals surface area contributed by atoms with E-state index in [9.17, 15) is 10.2 Å². The van der Waals surface area contributed by atoms with Crippen LogP contribution in [0.15, 0.2) is 58.2 Å². The maximum absolute atomic E-state index is 9.80. The zero-order valence-electron chi connectivity index (χ0n) is 12.3. The molecule has 0 aliphatic carbocycles. The van der Waals surface area contributed by atoms with Crippen LogP contribution in [0.3, 0.4) is 0 Å². The van der Waals surface area contributed by atoms with Crippen molar-refractivity contribution in [3.8, 4) is 11.5 Å². The number of aromatic nitrogens is 2. The molecule has 0 amide bonds. The molecular weight excluding hydrogens is 312 g/mol. The predicted octanol–water partition coefficient (Wildman–Crippen LogP) is 2.78. The summed E-state index contributed by atoms with van der Waals surface area (Å²) >= 11 is 1.47. The van der Waals surface area contributed by atoms with E-state index in [2.05, 4.69) is 15.1 Å². The lowest BCUT2D eigenvalue weighted by Gasteiger charge is -2.01. The summed E-state index contributed by atoms with van der Waals surface area (Å²) in [4.78, 5) is 9.25. The summed E-state index contributed by atoms with van der Waals surface area (Å²) in [6, 6.07) is 8.04. The first-order valence-electron chi connectivity index (χ1n) is 6.82. The van der Waals surface area contributed by atoms with Gasteiger partial charge in [0.15, 0.2) is 0 Å². The van der Waals surface area contributed by atoms with E-state index in [1.165, 1.54) is 29.7 Å². The minimum atomic E-state index is -0.0343. The van der Waals surface area contributed by atoms with E-state index in [1.807, 2.05) is 24.4 Å². The second-order valence-electron chi connectivity index (χ2n) is 4.78. The Kier molecular flexibility index (Phi) is 4.20. The van der Waals surface area contributed by atoms with E-state index in [0.29, 0.717) is 10.4 Å². The van der Waals surface area contributed by atoms with Gasteiger partial charge in [0.05, 0.1) is 23.8 Å². The normalized spacial score (nSPS) is 12.1. The third kappa shape index (κ3) is 3.46. The Morgan fingerprint density at radius 3 is 2.87 bits per heavy atom. The average Bonchev–Trinajstić information content (AvgIpc) is 2.88. The first-order chi connectivity index (χ1) is 11.1. The van der Waals surface area contributed by atoms with Crippen molar-refractivity contribution in [3.05, 3.63) is 64.2 Å². The van der Waals surface area contributed by atoms with Gasteiger partial charge in [-0.25, -0.2) is 9.67 Å². The highest BCUT2D eigenvalue weighted by Gasteiger charge is 2.02. The van der Waals surface area contributed by atoms with Gasteiger partial charge in [-0.3, -0.25) is 4.98 Å². The van der Waals surface area contributed by atoms with Gasteiger partial charge in [-0.05, 0) is 31.2 Å². The number of thiazole rings is 1. The van der Waals surface area contributed by atoms with Crippen LogP contribution in [-0.2, 0) is 0 Å². The predicted molar refractivity (Wildman–Crippen MR) is 89.3 cm³/mol. The van der Waals surface area contributed by atoms with Crippen molar-refractivity contribution >= 4 is 23.2 Å². The van der Waals surface area contributed by atoms with Gasteiger partial charge in [0.1, 0.15) is 11.5 Å². The number of hydrogen-bond donors (Lipinski definition) is 2. The van der Waals surface area contributed by atoms with Gasteiger partial charge < -0.3 is 10.2 Å². The fraction of sp³-hybridized carbons (Fsp3) is 0.0625. The van der Waals surface area contributed by atoms with Crippen molar-refractivity contribution in [2.45, 2.75) is 6.92 Å². The number of rotatable bonds is 3. The highest BCUT2D eigenvalue weighted by atomic mass is 32.1. The second kappa shape index (κ2) is 6.45. The lowest BCUT2D eigenvalue weighted by Crippen LogP contribution is -2.11. The average molecular weight is 326 g/mol. The topological polar surface area (TPSA) is 83.0 Å². The Morgan fingerprint density at radius 2 is 2.13 bits per heavy atom. The van der Waals surface area contributed by atoms with Crippen LogP contribution in [0.1, 0.15) is 11.3 Å². The summed E-state index contributed by atoms with van der Waals surface area (Å²) in [6.07, 6.45) is 4.89. The SMILES string of the molecule is Cc1csc(=Nc2cccnc2)n1N=Cc1ccc(O)cc1O. The van der Waals surface area contributed by atoms with Crippen molar-refractivity contribution in [1.82, 2.24) is 9.66 Å². The zero-order chi connectivity index (χ0) is 16.2. The number of aryl methyl sites for hydroxylation is 1. The van der Waals surface area contributed by atoms with E-state index in [-0.39, 0.29) is 11.5 Å². The molecule has 0 saturated carbocycles. The molecule has 3 aromatic rings. The maximum atomic E-state index is 9.80. The molecule has 0 aliphatic rings. The third-order valence-corrected chi connectivity index (χ3v) is 3.98. The number of pyridine rings is 1. The van der Waals surface area contributed by atoms with Gasteiger partial charge in [-0.2, -0.15) is 5.10 Å². The first kappa shape index (κ1) is 15.0. The molecule has 23 heavy (non-hydrogen) atoms. The summed E-state index contributed by atoms with van der Waals surface area (Å²) in [5, 5.41) is 25.4. The first-order valence-corrected chi connectivity index (χ1v) is 7.70. The van der Waals surface area contributed by atoms with Crippen LogP contribution in [-0.4, -0.2) is 26.1 Å². The van der Waals surface area contributed by atoms with E-state index in [4.69, 9.17) is 0 Å². The number of hydrogen-bond acceptors (Lipinski definition) is 6. The summed E-state index contributed by atoms with van der Waals surface area (Å²) in [5.74, 6) is -0.0285. The van der Waals surface area contributed by atoms with Crippen LogP contribution >= 0.6 is 11.3 Å². The lowest BCUT2D eigenvalue weighted by atomic mass is 10.2. The minimum Gasteiger partial charge on any atom is -0.508 e. The quantitative estimate of drug-likeness (QED) is 0.726. The Balaban J connectivity index is 1.99. The third-order valence-electron chi connectivity index (χ3n) is 3.05. The molecule has 0 aliphatic heterocycles. The number of aromatic hydroxyl groups is 2. The van der Waals surface area contributed by atoms with E-state index in [0.717, 1.165) is 11.4 Å². The largest absolute Gasteiger partial charge is 0.508 e. The van der Waals surface area contributed by atoms with Gasteiger partial charge in [0.2, 0.25) is 4.80 Å². The molecule has 0 fully saturated rings. The lowest BCUT2D eigenvalue weighted by molar-refractivity contribution is 0.450. The molecule has 0 unspecified atom stereocenters. The Bertz CT molecular complexity index is 913. The molecule has 0 radical (unpaired) electrons. The fourth-order valence-corrected chi connectivity index (χ4v) is 2.72. The molecule has 2 aromatic heterocycles. The molecule has 1 aromatic carbocycles. The van der Waals surface area contributed by atoms with Crippen molar-refractivity contribution in [2.75, 3.05) is 0 Å². The molecule has 0 atom stereocenters. The van der Waals surface area contributed by atoms with Gasteiger partial charge in [0, 0.05) is 23.2 Å². The molecule has 0 spiro atoms. The Labute approximate surface area is 136 Å². The highest BCUT2D eigenvalue weighted by Crippen LogP contribution is 2.20. The molecule has 6 nitrogen and oxygen atoms in total. The zero-order valence-corrected chi connectivity index (χ0v) is 13.1. The molecule has 0 saturated heterocycles. The van der Waals surface area contributed by atoms with Crippen LogP contribution in [0.2, 0.25) is 0 Å². The van der Waals surface area contributed by atoms with E-state index in [1.54, 1.807) is 23.1 Å². The van der Waals surface area contributed by atoms with Crippen LogP contribution in [0, 0.1) is 6.92 Å². The molecule has 2 heterocycles. The van der Waals surface area contributed by atoms with Crippen molar-refractivity contribution < 1.29 is 10.2 Å². The molecule has 3 rings (SSSR count). The number of benzene rings is 1. The van der Waals surface area contributed by atoms with E-state index < -0.39 is 0 Å². The molecule has 2 N–H and O–H groups in total. The molecule has 0 bridgehead atoms. The van der Waals surface area contributed by atoms with Gasteiger partial charge in [-0.1, -0.05) is 0 Å². The fourth-order valence-electron chi connectivity index (χ4n) is 1.89. The Hall–Kier alpha value is -2.93. The number of nitrogens with zero attached hydrogens (tertiary/aromatic N) is 4. The Morgan fingerprint density at radius 1 is 1.26 bits per heavy atom. The van der Waals surface area contributed by atoms with Crippen molar-refractivity contribution in [1.29, 1.82) is 0 Å². The summed E-state index contributed by atoms with van der Waals surface area (Å²) < 4.78 is 1.68. The van der Waals surface area contributed by atoms with Gasteiger partial charge in [0.25, 0.3) is 0 Å². The van der Waals surface area contributed by atoms with Crippen LogP contribution in [0.25, 0.3) is 0 Å². The maximum Gasteiger partial charge on any atom is 0.211 e. The van der Waals surface area contributed by atoms with Crippen LogP contribution in [0.5, 0.6) is 11.5 Å². The highest BCUT2D eigenvalue weighted by molar-refractivity contribution is 7.07. The monoisotopic (exact) mass is 326 g/mol. The standard InChI is InChI=1S/C16H14N4O2S/c1-11-10-23-16(19-13-3-2-6-17-9-13)20(11)18-8-12-4-5-14(21)7-15(12)22/h2-10,21-22H,1H3. The van der Waals surface area contributed by atoms with Gasteiger partial charge >= 0.3 is 0 Å². The summed E-state index contributed by atoms with van der Waals surface area (Å²) in [7, 11) is 0. The number of phenolic OH excluding ortho intramolecular Hbond substituents is 2. The van der Waals surface area contributed by atoms with Crippen LogP contribution < -0.4 is 4.80 Å². The van der Waals surface area contributed by atoms with Crippen LogP contribution in [0.4, 0.5) is 5.69 Å². The summed E-state index contributed by atoms with van der Waals surface area (Å²) in [5.41, 5.74) is 2.17. The second-order valence-corrected chi connectivity index (χ2v) is 5.62. The molecular formula is C16H14N4O2S. The molecule has 7 heteroatoms. The van der Waals surface area contributed by atoms with Gasteiger partial charge in [-0.15, -0.1) is 11.3 Å². The smallest absolute Gasteiger partial charge is 0.211 e. The number of phenols is 2. The van der Waals surface area contributed by atoms with Crippen molar-refractivity contribution in [3.63, 3.8) is 0 Å². The van der Waals surface area contributed by atoms with E-state index >= 15 is 0 Å².